The number of anilines is 1. The second-order valence-electron chi connectivity index (χ2n) is 7.19. The van der Waals surface area contributed by atoms with Crippen molar-refractivity contribution in [3.63, 3.8) is 0 Å². The van der Waals surface area contributed by atoms with E-state index in [9.17, 15) is 9.18 Å². The van der Waals surface area contributed by atoms with Gasteiger partial charge in [-0.3, -0.25) is 4.79 Å². The van der Waals surface area contributed by atoms with Crippen LogP contribution in [0.2, 0.25) is 0 Å². The first kappa shape index (κ1) is 17.6. The van der Waals surface area contributed by atoms with Crippen LogP contribution in [0.5, 0.6) is 0 Å². The number of rotatable bonds is 3. The number of fused-ring (bicyclic) bond motifs is 3. The van der Waals surface area contributed by atoms with Gasteiger partial charge in [-0.25, -0.2) is 14.4 Å². The Balaban J connectivity index is 1.31. The van der Waals surface area contributed by atoms with Crippen LogP contribution < -0.4 is 5.32 Å². The first-order chi connectivity index (χ1) is 14.2. The van der Waals surface area contributed by atoms with E-state index in [-0.39, 0.29) is 17.5 Å². The SMILES string of the molecule is O=C(c1ccccc1F)N1CCC(Nc2ncnc3c2oc2ccccc23)CC1. The summed E-state index contributed by atoms with van der Waals surface area (Å²) < 4.78 is 19.9. The predicted molar refractivity (Wildman–Crippen MR) is 108 cm³/mol. The molecule has 0 unspecified atom stereocenters. The molecule has 5 rings (SSSR count). The molecule has 0 radical (unpaired) electrons. The molecule has 29 heavy (non-hydrogen) atoms. The van der Waals surface area contributed by atoms with Crippen LogP contribution >= 0.6 is 0 Å². The third kappa shape index (κ3) is 3.18. The van der Waals surface area contributed by atoms with Gasteiger partial charge in [-0.15, -0.1) is 0 Å². The summed E-state index contributed by atoms with van der Waals surface area (Å²) in [6, 6.07) is 14.0. The molecule has 0 aliphatic carbocycles. The van der Waals surface area contributed by atoms with Crippen molar-refractivity contribution in [2.24, 2.45) is 0 Å². The minimum Gasteiger partial charge on any atom is -0.450 e. The molecule has 146 valence electrons. The topological polar surface area (TPSA) is 71.3 Å². The lowest BCUT2D eigenvalue weighted by Gasteiger charge is -2.32. The lowest BCUT2D eigenvalue weighted by molar-refractivity contribution is 0.0713. The smallest absolute Gasteiger partial charge is 0.256 e. The number of hydrogen-bond donors (Lipinski definition) is 1. The van der Waals surface area contributed by atoms with Crippen LogP contribution in [0.15, 0.2) is 59.3 Å². The Bertz CT molecular complexity index is 1200. The van der Waals surface area contributed by atoms with Crippen molar-refractivity contribution in [1.82, 2.24) is 14.9 Å². The number of amides is 1. The maximum Gasteiger partial charge on any atom is 0.256 e. The first-order valence-corrected chi connectivity index (χ1v) is 9.63. The Morgan fingerprint density at radius 1 is 1.07 bits per heavy atom. The fourth-order valence-electron chi connectivity index (χ4n) is 3.85. The number of benzene rings is 2. The minimum atomic E-state index is -0.481. The van der Waals surface area contributed by atoms with Gasteiger partial charge in [-0.05, 0) is 37.1 Å². The van der Waals surface area contributed by atoms with Crippen LogP contribution in [0.3, 0.4) is 0 Å². The molecule has 1 fully saturated rings. The molecule has 6 nitrogen and oxygen atoms in total. The van der Waals surface area contributed by atoms with E-state index in [1.165, 1.54) is 18.5 Å². The number of carbonyl (C=O) groups excluding carboxylic acids is 1. The molecule has 7 heteroatoms. The average molecular weight is 390 g/mol. The minimum absolute atomic E-state index is 0.124. The first-order valence-electron chi connectivity index (χ1n) is 9.63. The van der Waals surface area contributed by atoms with Gasteiger partial charge in [0.15, 0.2) is 11.4 Å². The Morgan fingerprint density at radius 3 is 2.66 bits per heavy atom. The average Bonchev–Trinajstić information content (AvgIpc) is 3.14. The largest absolute Gasteiger partial charge is 0.450 e. The van der Waals surface area contributed by atoms with E-state index >= 15 is 0 Å². The summed E-state index contributed by atoms with van der Waals surface area (Å²) in [4.78, 5) is 23.0. The number of para-hydroxylation sites is 1. The van der Waals surface area contributed by atoms with Gasteiger partial charge >= 0.3 is 0 Å². The monoisotopic (exact) mass is 390 g/mol. The van der Waals surface area contributed by atoms with Gasteiger partial charge in [0.2, 0.25) is 0 Å². The van der Waals surface area contributed by atoms with E-state index in [4.69, 9.17) is 4.42 Å². The van der Waals surface area contributed by atoms with E-state index in [1.54, 1.807) is 17.0 Å². The maximum atomic E-state index is 13.9. The second kappa shape index (κ2) is 7.16. The number of piperidine rings is 1. The number of nitrogens with one attached hydrogen (secondary N) is 1. The predicted octanol–water partition coefficient (Wildman–Crippen LogP) is 4.23. The van der Waals surface area contributed by atoms with E-state index in [1.807, 2.05) is 24.3 Å². The summed E-state index contributed by atoms with van der Waals surface area (Å²) in [5.41, 5.74) is 2.32. The Morgan fingerprint density at radius 2 is 1.83 bits per heavy atom. The number of aromatic nitrogens is 2. The highest BCUT2D eigenvalue weighted by Gasteiger charge is 2.26. The Kier molecular flexibility index (Phi) is 4.35. The molecule has 1 saturated heterocycles. The van der Waals surface area contributed by atoms with E-state index < -0.39 is 5.82 Å². The fourth-order valence-corrected chi connectivity index (χ4v) is 3.85. The normalized spacial score (nSPS) is 15.1. The molecule has 0 atom stereocenters. The standard InChI is InChI=1S/C22H19FN4O2/c23-17-7-3-1-5-15(17)22(28)27-11-9-14(10-12-27)26-21-20-19(24-13-25-21)16-6-2-4-8-18(16)29-20/h1-8,13-14H,9-12H2,(H,24,25,26). The van der Waals surface area contributed by atoms with Gasteiger partial charge in [0, 0.05) is 24.5 Å². The van der Waals surface area contributed by atoms with Crippen LogP contribution in [-0.4, -0.2) is 39.9 Å². The van der Waals surface area contributed by atoms with E-state index in [0.717, 1.165) is 29.3 Å². The summed E-state index contributed by atoms with van der Waals surface area (Å²) in [5.74, 6) is -0.0839. The zero-order valence-electron chi connectivity index (χ0n) is 15.6. The lowest BCUT2D eigenvalue weighted by Crippen LogP contribution is -2.42. The molecule has 1 aliphatic rings. The number of hydrogen-bond acceptors (Lipinski definition) is 5. The van der Waals surface area contributed by atoms with Crippen molar-refractivity contribution in [3.05, 3.63) is 66.2 Å². The third-order valence-electron chi connectivity index (χ3n) is 5.39. The molecule has 4 aromatic rings. The number of furan rings is 1. The molecular formula is C22H19FN4O2. The van der Waals surface area contributed by atoms with Crippen molar-refractivity contribution < 1.29 is 13.6 Å². The summed E-state index contributed by atoms with van der Waals surface area (Å²) in [6.45, 7) is 1.11. The van der Waals surface area contributed by atoms with E-state index in [0.29, 0.717) is 24.5 Å². The Labute approximate surface area is 166 Å². The highest BCUT2D eigenvalue weighted by molar-refractivity contribution is 6.05. The molecule has 0 saturated carbocycles. The van der Waals surface area contributed by atoms with Crippen molar-refractivity contribution in [3.8, 4) is 0 Å². The molecule has 1 amide bonds. The highest BCUT2D eigenvalue weighted by atomic mass is 19.1. The van der Waals surface area contributed by atoms with Gasteiger partial charge < -0.3 is 14.6 Å². The number of carbonyl (C=O) groups is 1. The van der Waals surface area contributed by atoms with Crippen molar-refractivity contribution in [2.45, 2.75) is 18.9 Å². The molecule has 0 bridgehead atoms. The maximum absolute atomic E-state index is 13.9. The summed E-state index contributed by atoms with van der Waals surface area (Å²) >= 11 is 0. The molecule has 2 aromatic heterocycles. The number of nitrogens with zero attached hydrogens (tertiary/aromatic N) is 3. The molecule has 1 aliphatic heterocycles. The molecule has 1 N–H and O–H groups in total. The molecular weight excluding hydrogens is 371 g/mol. The van der Waals surface area contributed by atoms with Crippen LogP contribution in [0.4, 0.5) is 10.2 Å². The van der Waals surface area contributed by atoms with Crippen LogP contribution in [0.1, 0.15) is 23.2 Å². The highest BCUT2D eigenvalue weighted by Crippen LogP contribution is 2.31. The molecule has 0 spiro atoms. The van der Waals surface area contributed by atoms with Gasteiger partial charge in [0.1, 0.15) is 23.2 Å². The summed E-state index contributed by atoms with van der Waals surface area (Å²) in [6.07, 6.45) is 3.02. The van der Waals surface area contributed by atoms with Gasteiger partial charge in [0.05, 0.1) is 5.56 Å². The van der Waals surface area contributed by atoms with Gasteiger partial charge in [-0.2, -0.15) is 0 Å². The summed E-state index contributed by atoms with van der Waals surface area (Å²) in [5, 5.41) is 4.40. The van der Waals surface area contributed by atoms with Gasteiger partial charge in [0.25, 0.3) is 5.91 Å². The number of halogens is 1. The fraction of sp³-hybridized carbons (Fsp3) is 0.227. The van der Waals surface area contributed by atoms with Crippen molar-refractivity contribution >= 4 is 33.8 Å². The summed E-state index contributed by atoms with van der Waals surface area (Å²) in [7, 11) is 0. The zero-order valence-corrected chi connectivity index (χ0v) is 15.6. The molecule has 2 aromatic carbocycles. The van der Waals surface area contributed by atoms with Crippen LogP contribution in [-0.2, 0) is 0 Å². The van der Waals surface area contributed by atoms with Gasteiger partial charge in [-0.1, -0.05) is 24.3 Å². The Hall–Kier alpha value is -3.48. The third-order valence-corrected chi connectivity index (χ3v) is 5.39. The number of likely N-dealkylation sites (tertiary alicyclic amines) is 1. The quantitative estimate of drug-likeness (QED) is 0.567. The van der Waals surface area contributed by atoms with Crippen molar-refractivity contribution in [1.29, 1.82) is 0 Å². The van der Waals surface area contributed by atoms with Crippen molar-refractivity contribution in [2.75, 3.05) is 18.4 Å². The van der Waals surface area contributed by atoms with E-state index in [2.05, 4.69) is 15.3 Å². The van der Waals surface area contributed by atoms with Crippen LogP contribution in [0.25, 0.3) is 22.1 Å². The molecule has 3 heterocycles. The second-order valence-corrected chi connectivity index (χ2v) is 7.19. The lowest BCUT2D eigenvalue weighted by atomic mass is 10.0. The zero-order chi connectivity index (χ0) is 19.8. The van der Waals surface area contributed by atoms with Crippen LogP contribution in [0, 0.1) is 5.82 Å².